The highest BCUT2D eigenvalue weighted by atomic mass is 16.5. The average Bonchev–Trinajstić information content (AvgIpc) is 2.36. The van der Waals surface area contributed by atoms with Crippen molar-refractivity contribution in [2.75, 3.05) is 13.2 Å². The summed E-state index contributed by atoms with van der Waals surface area (Å²) in [5.41, 5.74) is 1.16. The van der Waals surface area contributed by atoms with Gasteiger partial charge in [-0.15, -0.1) is 0 Å². The standard InChI is InChI=1S/C15H18O2/c1-2-9-17-15-6-5-13-4-3-12(7-8-16)10-14(13)11-15/h3-6,10-11,16H,2,7-9H2,1H3. The van der Waals surface area contributed by atoms with Gasteiger partial charge in [0.05, 0.1) is 6.61 Å². The SMILES string of the molecule is CCCOc1ccc2ccc(CCO)cc2c1. The van der Waals surface area contributed by atoms with Crippen molar-refractivity contribution in [1.82, 2.24) is 0 Å². The quantitative estimate of drug-likeness (QED) is 0.855. The van der Waals surface area contributed by atoms with Gasteiger partial charge in [0.1, 0.15) is 5.75 Å². The van der Waals surface area contributed by atoms with Crippen molar-refractivity contribution in [3.05, 3.63) is 42.0 Å². The zero-order valence-corrected chi connectivity index (χ0v) is 10.1. The molecule has 0 aromatic heterocycles. The highest BCUT2D eigenvalue weighted by Gasteiger charge is 1.99. The first-order valence-electron chi connectivity index (χ1n) is 6.10. The second-order valence-corrected chi connectivity index (χ2v) is 4.17. The molecule has 0 fully saturated rings. The Morgan fingerprint density at radius 3 is 2.65 bits per heavy atom. The van der Waals surface area contributed by atoms with Crippen LogP contribution in [0, 0.1) is 0 Å². The normalized spacial score (nSPS) is 10.7. The number of aliphatic hydroxyl groups is 1. The summed E-state index contributed by atoms with van der Waals surface area (Å²) in [6, 6.07) is 12.4. The summed E-state index contributed by atoms with van der Waals surface area (Å²) in [6.07, 6.45) is 1.72. The zero-order valence-electron chi connectivity index (χ0n) is 10.1. The Balaban J connectivity index is 2.29. The third-order valence-corrected chi connectivity index (χ3v) is 2.75. The van der Waals surface area contributed by atoms with Crippen LogP contribution in [0.25, 0.3) is 10.8 Å². The van der Waals surface area contributed by atoms with E-state index in [2.05, 4.69) is 37.3 Å². The van der Waals surface area contributed by atoms with Gasteiger partial charge in [0.15, 0.2) is 0 Å². The minimum atomic E-state index is 0.192. The summed E-state index contributed by atoms with van der Waals surface area (Å²) in [6.45, 7) is 3.04. The van der Waals surface area contributed by atoms with Gasteiger partial charge >= 0.3 is 0 Å². The summed E-state index contributed by atoms with van der Waals surface area (Å²) in [7, 11) is 0. The number of hydrogen-bond donors (Lipinski definition) is 1. The summed E-state index contributed by atoms with van der Waals surface area (Å²) < 4.78 is 5.61. The zero-order chi connectivity index (χ0) is 12.1. The van der Waals surface area contributed by atoms with Gasteiger partial charge in [0.2, 0.25) is 0 Å². The molecule has 0 bridgehead atoms. The first-order valence-corrected chi connectivity index (χ1v) is 6.10. The molecule has 90 valence electrons. The molecule has 0 aliphatic heterocycles. The highest BCUT2D eigenvalue weighted by molar-refractivity contribution is 5.84. The molecule has 0 radical (unpaired) electrons. The van der Waals surface area contributed by atoms with E-state index in [1.165, 1.54) is 10.8 Å². The van der Waals surface area contributed by atoms with Gasteiger partial charge in [-0.1, -0.05) is 31.2 Å². The fourth-order valence-corrected chi connectivity index (χ4v) is 1.87. The van der Waals surface area contributed by atoms with Crippen LogP contribution in [0.15, 0.2) is 36.4 Å². The molecule has 2 aromatic carbocycles. The third kappa shape index (κ3) is 2.98. The molecule has 17 heavy (non-hydrogen) atoms. The third-order valence-electron chi connectivity index (χ3n) is 2.75. The van der Waals surface area contributed by atoms with E-state index < -0.39 is 0 Å². The molecule has 2 heteroatoms. The molecule has 2 aromatic rings. The van der Waals surface area contributed by atoms with Crippen molar-refractivity contribution in [3.8, 4) is 5.75 Å². The maximum atomic E-state index is 8.94. The maximum Gasteiger partial charge on any atom is 0.119 e. The minimum absolute atomic E-state index is 0.192. The number of aliphatic hydroxyl groups excluding tert-OH is 1. The predicted molar refractivity (Wildman–Crippen MR) is 70.5 cm³/mol. The van der Waals surface area contributed by atoms with Crippen molar-refractivity contribution in [3.63, 3.8) is 0 Å². The van der Waals surface area contributed by atoms with Gasteiger partial charge < -0.3 is 9.84 Å². The number of fused-ring (bicyclic) bond motifs is 1. The monoisotopic (exact) mass is 230 g/mol. The highest BCUT2D eigenvalue weighted by Crippen LogP contribution is 2.22. The van der Waals surface area contributed by atoms with Crippen molar-refractivity contribution in [2.24, 2.45) is 0 Å². The molecule has 0 atom stereocenters. The van der Waals surface area contributed by atoms with Crippen molar-refractivity contribution in [2.45, 2.75) is 19.8 Å². The lowest BCUT2D eigenvalue weighted by molar-refractivity contribution is 0.299. The molecule has 2 nitrogen and oxygen atoms in total. The largest absolute Gasteiger partial charge is 0.494 e. The van der Waals surface area contributed by atoms with E-state index in [0.29, 0.717) is 6.42 Å². The molecule has 2 rings (SSSR count). The molecule has 0 saturated heterocycles. The maximum absolute atomic E-state index is 8.94. The fourth-order valence-electron chi connectivity index (χ4n) is 1.87. The minimum Gasteiger partial charge on any atom is -0.494 e. The number of hydrogen-bond acceptors (Lipinski definition) is 2. The molecule has 0 amide bonds. The molecular weight excluding hydrogens is 212 g/mol. The first-order chi connectivity index (χ1) is 8.33. The molecule has 0 unspecified atom stereocenters. The smallest absolute Gasteiger partial charge is 0.119 e. The lowest BCUT2D eigenvalue weighted by Gasteiger charge is -2.07. The number of rotatable bonds is 5. The van der Waals surface area contributed by atoms with Crippen LogP contribution in [-0.2, 0) is 6.42 Å². The Bertz CT molecular complexity index is 491. The van der Waals surface area contributed by atoms with Gasteiger partial charge in [-0.05, 0) is 41.3 Å². The van der Waals surface area contributed by atoms with E-state index in [-0.39, 0.29) is 6.61 Å². The van der Waals surface area contributed by atoms with E-state index >= 15 is 0 Å². The molecule has 0 heterocycles. The summed E-state index contributed by atoms with van der Waals surface area (Å²) in [4.78, 5) is 0. The lowest BCUT2D eigenvalue weighted by atomic mass is 10.1. The van der Waals surface area contributed by atoms with Gasteiger partial charge in [0, 0.05) is 6.61 Å². The van der Waals surface area contributed by atoms with Crippen LogP contribution < -0.4 is 4.74 Å². The second kappa shape index (κ2) is 5.69. The lowest BCUT2D eigenvalue weighted by Crippen LogP contribution is -1.95. The Morgan fingerprint density at radius 2 is 1.88 bits per heavy atom. The van der Waals surface area contributed by atoms with Gasteiger partial charge in [-0.2, -0.15) is 0 Å². The topological polar surface area (TPSA) is 29.5 Å². The Morgan fingerprint density at radius 1 is 1.06 bits per heavy atom. The first kappa shape index (κ1) is 11.9. The van der Waals surface area contributed by atoms with Crippen LogP contribution in [0.5, 0.6) is 5.75 Å². The van der Waals surface area contributed by atoms with Crippen LogP contribution in [-0.4, -0.2) is 18.3 Å². The molecular formula is C15H18O2. The average molecular weight is 230 g/mol. The molecule has 0 spiro atoms. The summed E-state index contributed by atoms with van der Waals surface area (Å²) in [5, 5.41) is 11.3. The Hall–Kier alpha value is -1.54. The van der Waals surface area contributed by atoms with Crippen molar-refractivity contribution >= 4 is 10.8 Å². The Labute approximate surface area is 102 Å². The van der Waals surface area contributed by atoms with Gasteiger partial charge in [0.25, 0.3) is 0 Å². The van der Waals surface area contributed by atoms with Crippen LogP contribution in [0.1, 0.15) is 18.9 Å². The van der Waals surface area contributed by atoms with Crippen molar-refractivity contribution in [1.29, 1.82) is 0 Å². The van der Waals surface area contributed by atoms with Crippen LogP contribution in [0.4, 0.5) is 0 Å². The van der Waals surface area contributed by atoms with Crippen molar-refractivity contribution < 1.29 is 9.84 Å². The van der Waals surface area contributed by atoms with Gasteiger partial charge in [-0.3, -0.25) is 0 Å². The Kier molecular flexibility index (Phi) is 3.99. The molecule has 1 N–H and O–H groups in total. The summed E-state index contributed by atoms with van der Waals surface area (Å²) >= 11 is 0. The van der Waals surface area contributed by atoms with Crippen LogP contribution >= 0.6 is 0 Å². The van der Waals surface area contributed by atoms with Gasteiger partial charge in [-0.25, -0.2) is 0 Å². The van der Waals surface area contributed by atoms with Crippen LogP contribution in [0.2, 0.25) is 0 Å². The van der Waals surface area contributed by atoms with E-state index in [4.69, 9.17) is 9.84 Å². The summed E-state index contributed by atoms with van der Waals surface area (Å²) in [5.74, 6) is 0.917. The fraction of sp³-hybridized carbons (Fsp3) is 0.333. The molecule has 0 aliphatic rings. The predicted octanol–water partition coefficient (Wildman–Crippen LogP) is 3.16. The number of ether oxygens (including phenoxy) is 1. The molecule has 0 aliphatic carbocycles. The van der Waals surface area contributed by atoms with E-state index in [1.807, 2.05) is 6.07 Å². The van der Waals surface area contributed by atoms with E-state index in [9.17, 15) is 0 Å². The van der Waals surface area contributed by atoms with Crippen LogP contribution in [0.3, 0.4) is 0 Å². The number of benzene rings is 2. The molecule has 0 saturated carbocycles. The second-order valence-electron chi connectivity index (χ2n) is 4.17. The van der Waals surface area contributed by atoms with E-state index in [0.717, 1.165) is 24.3 Å². The van der Waals surface area contributed by atoms with E-state index in [1.54, 1.807) is 0 Å².